The van der Waals surface area contributed by atoms with Gasteiger partial charge in [-0.05, 0) is 54.9 Å². The number of imide groups is 1. The third kappa shape index (κ3) is 4.41. The fourth-order valence-electron chi connectivity index (χ4n) is 8.23. The first-order valence-corrected chi connectivity index (χ1v) is 16.5. The lowest BCUT2D eigenvalue weighted by molar-refractivity contribution is -0.137. The zero-order valence-corrected chi connectivity index (χ0v) is 25.5. The van der Waals surface area contributed by atoms with Crippen molar-refractivity contribution in [3.63, 3.8) is 0 Å². The molecule has 1 N–H and O–H groups in total. The number of ether oxygens (including phenoxy) is 1. The number of halogens is 3. The molecule has 7 atom stereocenters. The van der Waals surface area contributed by atoms with Crippen LogP contribution < -0.4 is 14.5 Å². The number of alkyl halides is 3. The van der Waals surface area contributed by atoms with Crippen LogP contribution in [0.3, 0.4) is 0 Å². The largest absolute Gasteiger partial charge is 0.489 e. The van der Waals surface area contributed by atoms with E-state index in [0.717, 1.165) is 48.9 Å². The Balaban J connectivity index is 1.18. The summed E-state index contributed by atoms with van der Waals surface area (Å²) in [7, 11) is 0. The summed E-state index contributed by atoms with van der Waals surface area (Å²) in [6.45, 7) is 2.37. The molecule has 2 saturated carbocycles. The van der Waals surface area contributed by atoms with Crippen molar-refractivity contribution in [2.45, 2.75) is 42.3 Å². The Morgan fingerprint density at radius 1 is 0.911 bits per heavy atom. The first-order valence-electron chi connectivity index (χ1n) is 14.8. The van der Waals surface area contributed by atoms with E-state index in [1.807, 2.05) is 55.5 Å². The maximum atomic E-state index is 14.0. The van der Waals surface area contributed by atoms with Crippen molar-refractivity contribution in [2.75, 3.05) is 4.90 Å². The standard InChI is InChI=1S/C34H27F3N2O4S2/c1-16-10-12-17(13-11-16)15-43-23-9-5-2-6-18(23)24-25-19-14-20(28(25)44-30-29(24)45-33(42)38-30)27-26(19)31(40)39(32(27)41)22-8-4-3-7-21(22)34(35,36)37/h2-13,19-20,24-28H,14-15H2,1H3,(H,38,42)/t19?,20?,24-,25?,26?,27?,28?/m1/s1. The fourth-order valence-corrected chi connectivity index (χ4v) is 11.1. The van der Waals surface area contributed by atoms with Gasteiger partial charge in [-0.15, -0.1) is 11.8 Å². The second-order valence-corrected chi connectivity index (χ2v) is 14.5. The first kappa shape index (κ1) is 28.6. The number of anilines is 1. The highest BCUT2D eigenvalue weighted by atomic mass is 32.2. The average molecular weight is 649 g/mol. The second-order valence-electron chi connectivity index (χ2n) is 12.3. The molecule has 2 aliphatic heterocycles. The summed E-state index contributed by atoms with van der Waals surface area (Å²) in [4.78, 5) is 45.1. The lowest BCUT2D eigenvalue weighted by Gasteiger charge is -2.43. The number of H-pyrrole nitrogens is 1. The zero-order valence-electron chi connectivity index (χ0n) is 23.9. The quantitative estimate of drug-likeness (QED) is 0.236. The highest BCUT2D eigenvalue weighted by molar-refractivity contribution is 8.00. The van der Waals surface area contributed by atoms with Gasteiger partial charge in [0.15, 0.2) is 0 Å². The van der Waals surface area contributed by atoms with Crippen molar-refractivity contribution < 1.29 is 27.5 Å². The normalized spacial score (nSPS) is 28.3. The van der Waals surface area contributed by atoms with E-state index in [1.165, 1.54) is 30.0 Å². The SMILES string of the molecule is Cc1ccc(COc2ccccc2[C@H]2c3sc(=O)[nH]c3SC3C4CC(C5C(=O)N(c6ccccc6C(F)(F)F)C(=O)C45)C32)cc1. The molecule has 11 heteroatoms. The molecule has 45 heavy (non-hydrogen) atoms. The number of carbonyl (C=O) groups excluding carboxylic acids is 2. The van der Waals surface area contributed by atoms with Gasteiger partial charge in [0.05, 0.1) is 28.1 Å². The highest BCUT2D eigenvalue weighted by Crippen LogP contribution is 2.69. The smallest absolute Gasteiger partial charge is 0.418 e. The summed E-state index contributed by atoms with van der Waals surface area (Å²) in [5.74, 6) is -2.70. The molecule has 0 radical (unpaired) electrons. The molecule has 1 saturated heterocycles. The van der Waals surface area contributed by atoms with Crippen molar-refractivity contribution >= 4 is 40.6 Å². The molecule has 4 aromatic rings. The van der Waals surface area contributed by atoms with E-state index in [2.05, 4.69) is 4.98 Å². The fraction of sp³-hybridized carbons (Fsp3) is 0.324. The molecular formula is C34H27F3N2O4S2. The summed E-state index contributed by atoms with van der Waals surface area (Å²) in [5.41, 5.74) is 1.66. The van der Waals surface area contributed by atoms with Crippen LogP contribution in [0.25, 0.3) is 0 Å². The number of carbonyl (C=O) groups is 2. The number of para-hydroxylation sites is 2. The van der Waals surface area contributed by atoms with Gasteiger partial charge in [-0.3, -0.25) is 14.4 Å². The number of hydrogen-bond acceptors (Lipinski definition) is 6. The molecule has 230 valence electrons. The number of nitrogens with zero attached hydrogens (tertiary/aromatic N) is 1. The third-order valence-electron chi connectivity index (χ3n) is 9.94. The maximum Gasteiger partial charge on any atom is 0.418 e. The van der Waals surface area contributed by atoms with Gasteiger partial charge in [0.2, 0.25) is 11.8 Å². The van der Waals surface area contributed by atoms with Gasteiger partial charge in [0.25, 0.3) is 0 Å². The highest BCUT2D eigenvalue weighted by Gasteiger charge is 2.70. The van der Waals surface area contributed by atoms with Crippen molar-refractivity contribution in [3.05, 3.63) is 110 Å². The van der Waals surface area contributed by atoms with Crippen LogP contribution in [-0.4, -0.2) is 22.0 Å². The number of amides is 2. The Labute approximate surface area is 264 Å². The van der Waals surface area contributed by atoms with E-state index in [4.69, 9.17) is 4.74 Å². The minimum absolute atomic E-state index is 0.0984. The van der Waals surface area contributed by atoms with Gasteiger partial charge < -0.3 is 9.72 Å². The van der Waals surface area contributed by atoms with E-state index < -0.39 is 41.1 Å². The number of fused-ring (bicyclic) bond motifs is 9. The lowest BCUT2D eigenvalue weighted by Crippen LogP contribution is -2.42. The van der Waals surface area contributed by atoms with Crippen LogP contribution in [0, 0.1) is 36.5 Å². The van der Waals surface area contributed by atoms with Gasteiger partial charge in [0, 0.05) is 21.6 Å². The van der Waals surface area contributed by atoms with Crippen molar-refractivity contribution in [3.8, 4) is 5.75 Å². The predicted molar refractivity (Wildman–Crippen MR) is 164 cm³/mol. The van der Waals surface area contributed by atoms with Crippen LogP contribution >= 0.6 is 23.1 Å². The number of thioether (sulfide) groups is 1. The maximum absolute atomic E-state index is 14.0. The Hall–Kier alpha value is -3.83. The zero-order chi connectivity index (χ0) is 31.2. The van der Waals surface area contributed by atoms with Gasteiger partial charge in [-0.1, -0.05) is 71.5 Å². The molecule has 6 nitrogen and oxygen atoms in total. The molecule has 2 amide bonds. The summed E-state index contributed by atoms with van der Waals surface area (Å²) in [6.07, 6.45) is -4.09. The molecule has 2 aliphatic carbocycles. The van der Waals surface area contributed by atoms with Crippen LogP contribution in [0.1, 0.15) is 39.5 Å². The van der Waals surface area contributed by atoms with Crippen LogP contribution in [0.15, 0.2) is 82.6 Å². The van der Waals surface area contributed by atoms with E-state index in [0.29, 0.717) is 18.8 Å². The number of aromatic nitrogens is 1. The Kier molecular flexibility index (Phi) is 6.58. The molecule has 0 spiro atoms. The molecule has 6 unspecified atom stereocenters. The molecular weight excluding hydrogens is 622 g/mol. The average Bonchev–Trinajstić information content (AvgIpc) is 3.75. The minimum atomic E-state index is -4.72. The van der Waals surface area contributed by atoms with Crippen LogP contribution in [0.5, 0.6) is 5.75 Å². The van der Waals surface area contributed by atoms with Crippen molar-refractivity contribution in [2.24, 2.45) is 29.6 Å². The number of rotatable bonds is 5. The van der Waals surface area contributed by atoms with E-state index in [-0.39, 0.29) is 33.8 Å². The third-order valence-corrected chi connectivity index (χ3v) is 12.5. The topological polar surface area (TPSA) is 79.5 Å². The molecule has 3 fully saturated rings. The monoisotopic (exact) mass is 648 g/mol. The van der Waals surface area contributed by atoms with Gasteiger partial charge in [0.1, 0.15) is 12.4 Å². The first-order chi connectivity index (χ1) is 21.6. The molecule has 3 aromatic carbocycles. The summed E-state index contributed by atoms with van der Waals surface area (Å²) < 4.78 is 48.3. The summed E-state index contributed by atoms with van der Waals surface area (Å²) in [5, 5.41) is 0.656. The van der Waals surface area contributed by atoms with Crippen molar-refractivity contribution in [1.29, 1.82) is 0 Å². The molecule has 1 aromatic heterocycles. The van der Waals surface area contributed by atoms with Crippen molar-refractivity contribution in [1.82, 2.24) is 4.98 Å². The Morgan fingerprint density at radius 2 is 1.60 bits per heavy atom. The van der Waals surface area contributed by atoms with Gasteiger partial charge in [-0.25, -0.2) is 4.90 Å². The molecule has 2 bridgehead atoms. The van der Waals surface area contributed by atoms with Gasteiger partial charge >= 0.3 is 11.0 Å². The lowest BCUT2D eigenvalue weighted by atomic mass is 9.68. The van der Waals surface area contributed by atoms with Crippen LogP contribution in [0.4, 0.5) is 18.9 Å². The Bertz CT molecular complexity index is 1900. The number of nitrogens with one attached hydrogen (secondary N) is 1. The number of thiazole rings is 1. The Morgan fingerprint density at radius 3 is 2.36 bits per heavy atom. The number of hydrogen-bond donors (Lipinski definition) is 1. The van der Waals surface area contributed by atoms with E-state index in [1.54, 1.807) is 0 Å². The summed E-state index contributed by atoms with van der Waals surface area (Å²) in [6, 6.07) is 20.6. The van der Waals surface area contributed by atoms with Crippen LogP contribution in [0.2, 0.25) is 0 Å². The molecule has 8 rings (SSSR count). The number of aryl methyl sites for hydroxylation is 1. The minimum Gasteiger partial charge on any atom is -0.489 e. The predicted octanol–water partition coefficient (Wildman–Crippen LogP) is 7.02. The molecule has 3 heterocycles. The van der Waals surface area contributed by atoms with Crippen LogP contribution in [-0.2, 0) is 22.4 Å². The van der Waals surface area contributed by atoms with E-state index in [9.17, 15) is 27.6 Å². The number of aromatic amines is 1. The van der Waals surface area contributed by atoms with E-state index >= 15 is 0 Å². The summed E-state index contributed by atoms with van der Waals surface area (Å²) >= 11 is 2.68. The molecule has 4 aliphatic rings. The van der Waals surface area contributed by atoms with Gasteiger partial charge in [-0.2, -0.15) is 13.2 Å². The second kappa shape index (κ2) is 10.3. The number of benzene rings is 3.